The molecule has 2 nitrogen and oxygen atoms in total. The lowest BCUT2D eigenvalue weighted by atomic mass is 10.1. The van der Waals surface area contributed by atoms with Crippen LogP contribution in [0.25, 0.3) is 0 Å². The van der Waals surface area contributed by atoms with Gasteiger partial charge in [0.1, 0.15) is 0 Å². The van der Waals surface area contributed by atoms with Crippen LogP contribution in [0, 0.1) is 0 Å². The van der Waals surface area contributed by atoms with Gasteiger partial charge in [0.15, 0.2) is 6.29 Å². The van der Waals surface area contributed by atoms with Gasteiger partial charge >= 0.3 is 0 Å². The zero-order valence-corrected chi connectivity index (χ0v) is 8.56. The van der Waals surface area contributed by atoms with Crippen molar-refractivity contribution in [3.8, 4) is 0 Å². The van der Waals surface area contributed by atoms with Crippen LogP contribution in [0.3, 0.4) is 0 Å². The molecule has 2 heteroatoms. The molecule has 0 aliphatic rings. The molecule has 0 aliphatic heterocycles. The average molecular weight is 184 g/mol. The van der Waals surface area contributed by atoms with Crippen molar-refractivity contribution >= 4 is 6.29 Å². The summed E-state index contributed by atoms with van der Waals surface area (Å²) >= 11 is 0. The fraction of sp³-hybridized carbons (Fsp3) is 0.909. The first-order valence-electron chi connectivity index (χ1n) is 5.47. The van der Waals surface area contributed by atoms with Gasteiger partial charge in [0, 0.05) is 6.42 Å². The Hall–Kier alpha value is -0.370. The monoisotopic (exact) mass is 184 g/mol. The first-order valence-corrected chi connectivity index (χ1v) is 5.47. The van der Waals surface area contributed by atoms with Gasteiger partial charge in [-0.1, -0.05) is 38.5 Å². The van der Waals surface area contributed by atoms with Gasteiger partial charge in [0.05, 0.1) is 0 Å². The summed E-state index contributed by atoms with van der Waals surface area (Å²) in [5.74, 6) is 0. The molecular weight excluding hydrogens is 162 g/mol. The molecule has 0 aromatic carbocycles. The van der Waals surface area contributed by atoms with Gasteiger partial charge in [-0.25, -0.2) is 0 Å². The van der Waals surface area contributed by atoms with Crippen LogP contribution in [0.15, 0.2) is 0 Å². The van der Waals surface area contributed by atoms with E-state index in [1.54, 1.807) is 0 Å². The van der Waals surface area contributed by atoms with E-state index in [-0.39, 0.29) is 0 Å². The van der Waals surface area contributed by atoms with Crippen molar-refractivity contribution in [2.45, 2.75) is 57.8 Å². The third kappa shape index (κ3) is 11.6. The fourth-order valence-electron chi connectivity index (χ4n) is 1.40. The predicted octanol–water partition coefficient (Wildman–Crippen LogP) is 2.57. The van der Waals surface area contributed by atoms with E-state index in [1.165, 1.54) is 44.9 Å². The Morgan fingerprint density at radius 1 is 0.769 bits per heavy atom. The van der Waals surface area contributed by atoms with Gasteiger partial charge in [-0.3, -0.25) is 4.79 Å². The Bertz CT molecular complexity index is 104. The largest absolute Gasteiger partial charge is 0.330 e. The SMILES string of the molecule is NCCCCCCCCCC[C]=O. The Labute approximate surface area is 81.9 Å². The highest BCUT2D eigenvalue weighted by Gasteiger charge is 1.91. The van der Waals surface area contributed by atoms with Crippen LogP contribution in [0.5, 0.6) is 0 Å². The summed E-state index contributed by atoms with van der Waals surface area (Å²) in [5.41, 5.74) is 5.39. The van der Waals surface area contributed by atoms with Crippen molar-refractivity contribution in [2.24, 2.45) is 5.73 Å². The van der Waals surface area contributed by atoms with Crippen molar-refractivity contribution in [1.29, 1.82) is 0 Å². The van der Waals surface area contributed by atoms with Crippen LogP contribution in [0.4, 0.5) is 0 Å². The molecule has 0 saturated carbocycles. The highest BCUT2D eigenvalue weighted by molar-refractivity contribution is 5.50. The second-order valence-electron chi connectivity index (χ2n) is 3.51. The summed E-state index contributed by atoms with van der Waals surface area (Å²) in [7, 11) is 0. The number of carbonyl (C=O) groups excluding carboxylic acids is 1. The predicted molar refractivity (Wildman–Crippen MR) is 56.3 cm³/mol. The maximum Gasteiger partial charge on any atom is 0.198 e. The lowest BCUT2D eigenvalue weighted by molar-refractivity contribution is 0.538. The van der Waals surface area contributed by atoms with E-state index in [1.807, 2.05) is 6.29 Å². The molecule has 0 atom stereocenters. The maximum atomic E-state index is 9.88. The van der Waals surface area contributed by atoms with Gasteiger partial charge in [-0.15, -0.1) is 0 Å². The third-order valence-corrected chi connectivity index (χ3v) is 2.23. The van der Waals surface area contributed by atoms with E-state index in [0.29, 0.717) is 6.42 Å². The molecule has 0 unspecified atom stereocenters. The van der Waals surface area contributed by atoms with Gasteiger partial charge in [0.25, 0.3) is 0 Å². The van der Waals surface area contributed by atoms with E-state index >= 15 is 0 Å². The van der Waals surface area contributed by atoms with E-state index in [9.17, 15) is 4.79 Å². The average Bonchev–Trinajstić information content (AvgIpc) is 2.16. The quantitative estimate of drug-likeness (QED) is 0.530. The molecule has 0 fully saturated rings. The standard InChI is InChI=1S/C11H22NO/c12-10-8-6-4-2-1-3-5-7-9-11-13/h1-10,12H2. The van der Waals surface area contributed by atoms with Crippen LogP contribution in [-0.4, -0.2) is 12.8 Å². The number of unbranched alkanes of at least 4 members (excludes halogenated alkanes) is 8. The second kappa shape index (κ2) is 11.6. The zero-order valence-electron chi connectivity index (χ0n) is 8.56. The molecule has 0 spiro atoms. The van der Waals surface area contributed by atoms with Crippen LogP contribution >= 0.6 is 0 Å². The molecule has 13 heavy (non-hydrogen) atoms. The molecule has 0 aromatic heterocycles. The Morgan fingerprint density at radius 2 is 1.23 bits per heavy atom. The zero-order chi connectivity index (χ0) is 9.78. The van der Waals surface area contributed by atoms with Gasteiger partial charge in [-0.2, -0.15) is 0 Å². The van der Waals surface area contributed by atoms with E-state index in [0.717, 1.165) is 13.0 Å². The maximum absolute atomic E-state index is 9.88. The summed E-state index contributed by atoms with van der Waals surface area (Å²) in [5, 5.41) is 0. The topological polar surface area (TPSA) is 43.1 Å². The number of rotatable bonds is 10. The summed E-state index contributed by atoms with van der Waals surface area (Å²) in [6.45, 7) is 0.829. The number of hydrogen-bond acceptors (Lipinski definition) is 2. The summed E-state index contributed by atoms with van der Waals surface area (Å²) < 4.78 is 0. The molecule has 0 aliphatic carbocycles. The molecule has 77 valence electrons. The minimum atomic E-state index is 0.618. The lowest BCUT2D eigenvalue weighted by Crippen LogP contribution is -1.97. The minimum Gasteiger partial charge on any atom is -0.330 e. The van der Waals surface area contributed by atoms with Gasteiger partial charge in [-0.05, 0) is 19.4 Å². The molecule has 0 saturated heterocycles. The van der Waals surface area contributed by atoms with Crippen LogP contribution in [-0.2, 0) is 4.79 Å². The number of hydrogen-bond donors (Lipinski definition) is 1. The van der Waals surface area contributed by atoms with E-state index < -0.39 is 0 Å². The second-order valence-corrected chi connectivity index (χ2v) is 3.51. The normalized spacial score (nSPS) is 10.2. The Balaban J connectivity index is 2.79. The highest BCUT2D eigenvalue weighted by atomic mass is 16.1. The molecule has 0 amide bonds. The van der Waals surface area contributed by atoms with Crippen molar-refractivity contribution < 1.29 is 4.79 Å². The molecule has 0 aromatic rings. The van der Waals surface area contributed by atoms with E-state index in [4.69, 9.17) is 5.73 Å². The Kier molecular flexibility index (Phi) is 11.3. The molecule has 0 rings (SSSR count). The number of nitrogens with two attached hydrogens (primary N) is 1. The smallest absolute Gasteiger partial charge is 0.198 e. The molecular formula is C11H22NO. The lowest BCUT2D eigenvalue weighted by Gasteiger charge is -1.99. The van der Waals surface area contributed by atoms with Crippen molar-refractivity contribution in [2.75, 3.05) is 6.54 Å². The fourth-order valence-corrected chi connectivity index (χ4v) is 1.40. The first kappa shape index (κ1) is 12.6. The Morgan fingerprint density at radius 3 is 1.69 bits per heavy atom. The van der Waals surface area contributed by atoms with Gasteiger partial charge < -0.3 is 5.73 Å². The van der Waals surface area contributed by atoms with Crippen molar-refractivity contribution in [1.82, 2.24) is 0 Å². The third-order valence-electron chi connectivity index (χ3n) is 2.23. The van der Waals surface area contributed by atoms with Crippen molar-refractivity contribution in [3.05, 3.63) is 0 Å². The highest BCUT2D eigenvalue weighted by Crippen LogP contribution is 2.08. The summed E-state index contributed by atoms with van der Waals surface area (Å²) in [6.07, 6.45) is 12.4. The molecule has 2 N–H and O–H groups in total. The molecule has 0 heterocycles. The minimum absolute atomic E-state index is 0.618. The van der Waals surface area contributed by atoms with Crippen molar-refractivity contribution in [3.63, 3.8) is 0 Å². The molecule has 1 radical (unpaired) electrons. The van der Waals surface area contributed by atoms with Gasteiger partial charge in [0.2, 0.25) is 0 Å². The van der Waals surface area contributed by atoms with Crippen LogP contribution < -0.4 is 5.73 Å². The molecule has 0 bridgehead atoms. The van der Waals surface area contributed by atoms with Crippen LogP contribution in [0.1, 0.15) is 57.8 Å². The summed E-state index contributed by atoms with van der Waals surface area (Å²) in [4.78, 5) is 9.88. The van der Waals surface area contributed by atoms with Crippen LogP contribution in [0.2, 0.25) is 0 Å². The summed E-state index contributed by atoms with van der Waals surface area (Å²) in [6, 6.07) is 0. The first-order chi connectivity index (χ1) is 6.41. The van der Waals surface area contributed by atoms with E-state index in [2.05, 4.69) is 0 Å².